The van der Waals surface area contributed by atoms with Gasteiger partial charge in [-0.05, 0) is 54.2 Å². The van der Waals surface area contributed by atoms with Gasteiger partial charge in [-0.2, -0.15) is 0 Å². The van der Waals surface area contributed by atoms with Crippen molar-refractivity contribution < 1.29 is 23.5 Å². The lowest BCUT2D eigenvalue weighted by Crippen LogP contribution is -2.24. The Labute approximate surface area is 190 Å². The summed E-state index contributed by atoms with van der Waals surface area (Å²) in [6.07, 6.45) is 3.74. The molecule has 0 aliphatic heterocycles. The highest BCUT2D eigenvalue weighted by atomic mass is 19.1. The number of primary amides is 1. The van der Waals surface area contributed by atoms with E-state index in [2.05, 4.69) is 10.3 Å². The van der Waals surface area contributed by atoms with Gasteiger partial charge in [0.15, 0.2) is 11.6 Å². The van der Waals surface area contributed by atoms with Gasteiger partial charge < -0.3 is 20.5 Å². The third-order valence-corrected chi connectivity index (χ3v) is 5.42. The molecule has 4 rings (SSSR count). The number of pyridine rings is 1. The molecule has 170 valence electrons. The van der Waals surface area contributed by atoms with Gasteiger partial charge in [0.25, 0.3) is 5.91 Å². The molecule has 8 heteroatoms. The molecule has 0 atom stereocenters. The Bertz CT molecular complexity index is 1190. The third kappa shape index (κ3) is 5.28. The Morgan fingerprint density at radius 1 is 1.15 bits per heavy atom. The minimum Gasteiger partial charge on any atom is -0.494 e. The van der Waals surface area contributed by atoms with Crippen LogP contribution in [0.5, 0.6) is 11.6 Å². The fraction of sp³-hybridized carbons (Fsp3) is 0.240. The number of hydrogen-bond donors (Lipinski definition) is 2. The molecule has 0 bridgehead atoms. The number of ether oxygens (including phenoxy) is 2. The van der Waals surface area contributed by atoms with Crippen LogP contribution in [-0.2, 0) is 6.54 Å². The van der Waals surface area contributed by atoms with Crippen LogP contribution in [0.3, 0.4) is 0 Å². The zero-order chi connectivity index (χ0) is 23.4. The maximum atomic E-state index is 14.0. The van der Waals surface area contributed by atoms with Gasteiger partial charge in [0.1, 0.15) is 5.56 Å². The first kappa shape index (κ1) is 22.3. The van der Waals surface area contributed by atoms with Crippen LogP contribution < -0.4 is 20.5 Å². The average Bonchev–Trinajstić information content (AvgIpc) is 3.66. The van der Waals surface area contributed by atoms with Crippen LogP contribution >= 0.6 is 0 Å². The maximum Gasteiger partial charge on any atom is 0.257 e. The molecule has 2 aromatic carbocycles. The van der Waals surface area contributed by atoms with Crippen molar-refractivity contribution in [1.82, 2.24) is 10.3 Å². The third-order valence-electron chi connectivity index (χ3n) is 5.42. The number of rotatable bonds is 9. The summed E-state index contributed by atoms with van der Waals surface area (Å²) in [5.41, 5.74) is 7.76. The molecule has 1 aromatic heterocycles. The Morgan fingerprint density at radius 3 is 2.64 bits per heavy atom. The summed E-state index contributed by atoms with van der Waals surface area (Å²) < 4.78 is 24.7. The van der Waals surface area contributed by atoms with E-state index in [0.717, 1.165) is 12.8 Å². The zero-order valence-electron chi connectivity index (χ0n) is 18.1. The van der Waals surface area contributed by atoms with Gasteiger partial charge in [0.2, 0.25) is 11.8 Å². The summed E-state index contributed by atoms with van der Waals surface area (Å²) in [5.74, 6) is -0.703. The fourth-order valence-corrected chi connectivity index (χ4v) is 3.41. The summed E-state index contributed by atoms with van der Waals surface area (Å²) in [7, 11) is 1.39. The first-order valence-electron chi connectivity index (χ1n) is 10.6. The molecule has 7 nitrogen and oxygen atoms in total. The van der Waals surface area contributed by atoms with Crippen molar-refractivity contribution in [2.75, 3.05) is 13.7 Å². The predicted molar refractivity (Wildman–Crippen MR) is 121 cm³/mol. The van der Waals surface area contributed by atoms with Gasteiger partial charge in [-0.15, -0.1) is 0 Å². The molecule has 1 aliphatic rings. The van der Waals surface area contributed by atoms with Gasteiger partial charge in [-0.3, -0.25) is 9.59 Å². The lowest BCUT2D eigenvalue weighted by atomic mass is 9.99. The standard InChI is InChI=1S/C25H24FN3O4/c1-32-22-9-8-16(10-21(22)26)12-28-24(31)20-11-17(13-29-25(20)33-14-15-6-7-15)18-4-2-3-5-19(18)23(27)30/h2-5,8-11,13,15H,6-7,12,14H2,1H3,(H2,27,30)(H,28,31). The van der Waals surface area contributed by atoms with E-state index in [1.165, 1.54) is 19.2 Å². The molecule has 1 heterocycles. The Kier molecular flexibility index (Phi) is 6.53. The van der Waals surface area contributed by atoms with Gasteiger partial charge in [-0.25, -0.2) is 9.37 Å². The molecule has 1 fully saturated rings. The molecule has 1 aliphatic carbocycles. The predicted octanol–water partition coefficient (Wildman–Crippen LogP) is 3.71. The number of carbonyl (C=O) groups is 2. The molecule has 0 radical (unpaired) electrons. The van der Waals surface area contributed by atoms with Crippen molar-refractivity contribution in [2.45, 2.75) is 19.4 Å². The molecule has 0 spiro atoms. The molecular weight excluding hydrogens is 425 g/mol. The Balaban J connectivity index is 1.61. The summed E-state index contributed by atoms with van der Waals surface area (Å²) >= 11 is 0. The maximum absolute atomic E-state index is 14.0. The number of hydrogen-bond acceptors (Lipinski definition) is 5. The Hall–Kier alpha value is -3.94. The largest absolute Gasteiger partial charge is 0.494 e. The summed E-state index contributed by atoms with van der Waals surface area (Å²) in [6.45, 7) is 0.581. The number of methoxy groups -OCH3 is 1. The quantitative estimate of drug-likeness (QED) is 0.518. The van der Waals surface area contributed by atoms with Gasteiger partial charge >= 0.3 is 0 Å². The van der Waals surface area contributed by atoms with Crippen molar-refractivity contribution in [1.29, 1.82) is 0 Å². The molecule has 0 unspecified atom stereocenters. The van der Waals surface area contributed by atoms with Gasteiger partial charge in [-0.1, -0.05) is 24.3 Å². The van der Waals surface area contributed by atoms with Crippen LogP contribution in [0.4, 0.5) is 4.39 Å². The SMILES string of the molecule is COc1ccc(CNC(=O)c2cc(-c3ccccc3C(N)=O)cnc2OCC2CC2)cc1F. The van der Waals surface area contributed by atoms with Gasteiger partial charge in [0, 0.05) is 23.9 Å². The number of nitrogens with one attached hydrogen (secondary N) is 1. The minimum absolute atomic E-state index is 0.101. The minimum atomic E-state index is -0.577. The highest BCUT2D eigenvalue weighted by Crippen LogP contribution is 2.31. The van der Waals surface area contributed by atoms with Crippen LogP contribution in [0.2, 0.25) is 0 Å². The molecule has 3 N–H and O–H groups in total. The van der Waals surface area contributed by atoms with E-state index >= 15 is 0 Å². The lowest BCUT2D eigenvalue weighted by Gasteiger charge is -2.14. The van der Waals surface area contributed by atoms with Gasteiger partial charge in [0.05, 0.1) is 13.7 Å². The number of nitrogens with zero attached hydrogens (tertiary/aromatic N) is 1. The lowest BCUT2D eigenvalue weighted by molar-refractivity contribution is 0.0944. The highest BCUT2D eigenvalue weighted by Gasteiger charge is 2.24. The van der Waals surface area contributed by atoms with Crippen molar-refractivity contribution in [3.63, 3.8) is 0 Å². The number of amides is 2. The fourth-order valence-electron chi connectivity index (χ4n) is 3.41. The average molecular weight is 449 g/mol. The second-order valence-corrected chi connectivity index (χ2v) is 7.89. The molecule has 33 heavy (non-hydrogen) atoms. The van der Waals surface area contributed by atoms with Crippen LogP contribution in [0, 0.1) is 11.7 Å². The zero-order valence-corrected chi connectivity index (χ0v) is 18.1. The topological polar surface area (TPSA) is 104 Å². The van der Waals surface area contributed by atoms with E-state index in [1.807, 2.05) is 0 Å². The molecule has 0 saturated heterocycles. The van der Waals surface area contributed by atoms with E-state index in [4.69, 9.17) is 15.2 Å². The van der Waals surface area contributed by atoms with E-state index < -0.39 is 17.6 Å². The van der Waals surface area contributed by atoms with E-state index in [-0.39, 0.29) is 23.7 Å². The summed E-state index contributed by atoms with van der Waals surface area (Å²) in [5, 5.41) is 2.78. The second-order valence-electron chi connectivity index (χ2n) is 7.89. The first-order chi connectivity index (χ1) is 16.0. The molecule has 1 saturated carbocycles. The number of benzene rings is 2. The highest BCUT2D eigenvalue weighted by molar-refractivity contribution is 6.01. The molecule has 2 amide bonds. The molecule has 3 aromatic rings. The number of halogens is 1. The van der Waals surface area contributed by atoms with Crippen molar-refractivity contribution in [3.8, 4) is 22.8 Å². The van der Waals surface area contributed by atoms with E-state index in [9.17, 15) is 14.0 Å². The summed E-state index contributed by atoms with van der Waals surface area (Å²) in [6, 6.07) is 13.0. The van der Waals surface area contributed by atoms with Crippen molar-refractivity contribution in [3.05, 3.63) is 77.2 Å². The smallest absolute Gasteiger partial charge is 0.257 e. The van der Waals surface area contributed by atoms with Crippen LogP contribution in [0.25, 0.3) is 11.1 Å². The van der Waals surface area contributed by atoms with Crippen molar-refractivity contribution in [2.24, 2.45) is 11.7 Å². The number of carbonyl (C=O) groups excluding carboxylic acids is 2. The Morgan fingerprint density at radius 2 is 1.94 bits per heavy atom. The number of aromatic nitrogens is 1. The van der Waals surface area contributed by atoms with Crippen LogP contribution in [0.15, 0.2) is 54.7 Å². The number of nitrogens with two attached hydrogens (primary N) is 1. The van der Waals surface area contributed by atoms with Crippen LogP contribution in [0.1, 0.15) is 39.1 Å². The molecular formula is C25H24FN3O4. The first-order valence-corrected chi connectivity index (χ1v) is 10.6. The van der Waals surface area contributed by atoms with Crippen LogP contribution in [-0.4, -0.2) is 30.5 Å². The normalized spacial score (nSPS) is 12.8. The monoisotopic (exact) mass is 449 g/mol. The van der Waals surface area contributed by atoms with E-state index in [0.29, 0.717) is 34.8 Å². The van der Waals surface area contributed by atoms with Crippen molar-refractivity contribution >= 4 is 11.8 Å². The summed E-state index contributed by atoms with van der Waals surface area (Å²) in [4.78, 5) is 29.3. The second kappa shape index (κ2) is 9.68. The van der Waals surface area contributed by atoms with E-state index in [1.54, 1.807) is 42.6 Å².